The molecule has 0 fully saturated rings. The Morgan fingerprint density at radius 2 is 1.95 bits per heavy atom. The van der Waals surface area contributed by atoms with Crippen molar-refractivity contribution in [2.75, 3.05) is 0 Å². The fourth-order valence-electron chi connectivity index (χ4n) is 2.04. The second kappa shape index (κ2) is 6.62. The van der Waals surface area contributed by atoms with E-state index in [2.05, 4.69) is 63.8 Å². The van der Waals surface area contributed by atoms with Gasteiger partial charge in [-0.05, 0) is 47.8 Å². The zero-order chi connectivity index (χ0) is 13.8. The van der Waals surface area contributed by atoms with Crippen molar-refractivity contribution in [2.45, 2.75) is 38.8 Å². The van der Waals surface area contributed by atoms with Crippen LogP contribution in [0.5, 0.6) is 0 Å². The van der Waals surface area contributed by atoms with E-state index in [0.717, 1.165) is 28.2 Å². The van der Waals surface area contributed by atoms with Crippen LogP contribution in [0.2, 0.25) is 0 Å². The quantitative estimate of drug-likeness (QED) is 0.785. The summed E-state index contributed by atoms with van der Waals surface area (Å²) in [7, 11) is 0. The third-order valence-corrected chi connectivity index (χ3v) is 5.23. The van der Waals surface area contributed by atoms with Crippen LogP contribution in [-0.4, -0.2) is 9.78 Å². The Morgan fingerprint density at radius 1 is 1.21 bits per heavy atom. The summed E-state index contributed by atoms with van der Waals surface area (Å²) >= 11 is 5.59. The Kier molecular flexibility index (Phi) is 5.11. The van der Waals surface area contributed by atoms with E-state index in [1.165, 1.54) is 16.8 Å². The molecule has 0 N–H and O–H groups in total. The van der Waals surface area contributed by atoms with Gasteiger partial charge in [-0.25, -0.2) is 0 Å². The second-order valence-corrected chi connectivity index (χ2v) is 6.36. The highest BCUT2D eigenvalue weighted by molar-refractivity contribution is 9.10. The first kappa shape index (κ1) is 14.7. The van der Waals surface area contributed by atoms with Gasteiger partial charge in [-0.15, -0.1) is 0 Å². The van der Waals surface area contributed by atoms with Crippen molar-refractivity contribution < 1.29 is 0 Å². The lowest BCUT2D eigenvalue weighted by molar-refractivity contribution is 0.631. The number of hydrogen-bond donors (Lipinski definition) is 0. The molecule has 1 heterocycles. The first-order valence-corrected chi connectivity index (χ1v) is 8.42. The summed E-state index contributed by atoms with van der Waals surface area (Å²) in [6.45, 7) is 7.28. The number of thioether (sulfide) groups is 1. The molecule has 2 rings (SSSR count). The zero-order valence-electron chi connectivity index (χ0n) is 11.6. The van der Waals surface area contributed by atoms with Crippen LogP contribution in [0.3, 0.4) is 0 Å². The molecule has 0 spiro atoms. The number of nitrogens with zero attached hydrogens (tertiary/aromatic N) is 2. The highest BCUT2D eigenvalue weighted by atomic mass is 79.9. The van der Waals surface area contributed by atoms with Gasteiger partial charge in [-0.3, -0.25) is 4.68 Å². The minimum absolute atomic E-state index is 0.923. The van der Waals surface area contributed by atoms with E-state index in [9.17, 15) is 0 Å². The maximum atomic E-state index is 4.53. The topological polar surface area (TPSA) is 17.8 Å². The molecule has 19 heavy (non-hydrogen) atoms. The summed E-state index contributed by atoms with van der Waals surface area (Å²) < 4.78 is 3.25. The first-order valence-electron chi connectivity index (χ1n) is 6.47. The Hall–Kier alpha value is -0.740. The van der Waals surface area contributed by atoms with E-state index < -0.39 is 0 Å². The number of halogens is 1. The van der Waals surface area contributed by atoms with E-state index >= 15 is 0 Å². The molecular weight excluding hydrogens is 320 g/mol. The monoisotopic (exact) mass is 338 g/mol. The number of hydrogen-bond acceptors (Lipinski definition) is 2. The standard InChI is InChI=1S/C15H19BrN2S/c1-4-18-14(15(16)12(3)17-18)10-19-9-13-8-6-5-7-11(13)2/h5-8H,4,9-10H2,1-3H3. The van der Waals surface area contributed by atoms with Gasteiger partial charge in [0.15, 0.2) is 0 Å². The number of aromatic nitrogens is 2. The fourth-order valence-corrected chi connectivity index (χ4v) is 3.78. The van der Waals surface area contributed by atoms with Crippen LogP contribution in [-0.2, 0) is 18.1 Å². The maximum Gasteiger partial charge on any atom is 0.0739 e. The van der Waals surface area contributed by atoms with Crippen LogP contribution < -0.4 is 0 Å². The van der Waals surface area contributed by atoms with Gasteiger partial charge in [-0.2, -0.15) is 16.9 Å². The third-order valence-electron chi connectivity index (χ3n) is 3.21. The molecule has 0 aliphatic rings. The van der Waals surface area contributed by atoms with Gasteiger partial charge < -0.3 is 0 Å². The molecule has 0 aliphatic heterocycles. The molecule has 1 aromatic heterocycles. The van der Waals surface area contributed by atoms with Crippen molar-refractivity contribution in [3.05, 3.63) is 51.3 Å². The van der Waals surface area contributed by atoms with Gasteiger partial charge in [0, 0.05) is 18.1 Å². The van der Waals surface area contributed by atoms with Gasteiger partial charge in [0.05, 0.1) is 15.9 Å². The predicted molar refractivity (Wildman–Crippen MR) is 86.5 cm³/mol. The average Bonchev–Trinajstić information content (AvgIpc) is 2.68. The van der Waals surface area contributed by atoms with E-state index in [4.69, 9.17) is 0 Å². The zero-order valence-corrected chi connectivity index (χ0v) is 14.0. The van der Waals surface area contributed by atoms with Crippen molar-refractivity contribution in [1.29, 1.82) is 0 Å². The van der Waals surface area contributed by atoms with Gasteiger partial charge in [-0.1, -0.05) is 24.3 Å². The van der Waals surface area contributed by atoms with Crippen molar-refractivity contribution in [3.63, 3.8) is 0 Å². The fraction of sp³-hybridized carbons (Fsp3) is 0.400. The summed E-state index contributed by atoms with van der Waals surface area (Å²) in [6.07, 6.45) is 0. The highest BCUT2D eigenvalue weighted by Gasteiger charge is 2.11. The van der Waals surface area contributed by atoms with Gasteiger partial charge >= 0.3 is 0 Å². The van der Waals surface area contributed by atoms with E-state index in [1.807, 2.05) is 18.7 Å². The Balaban J connectivity index is 2.02. The van der Waals surface area contributed by atoms with Crippen molar-refractivity contribution in [2.24, 2.45) is 0 Å². The molecule has 0 bridgehead atoms. The Labute approximate surface area is 127 Å². The van der Waals surface area contributed by atoms with Gasteiger partial charge in [0.25, 0.3) is 0 Å². The van der Waals surface area contributed by atoms with Crippen molar-refractivity contribution in [3.8, 4) is 0 Å². The van der Waals surface area contributed by atoms with Gasteiger partial charge in [0.2, 0.25) is 0 Å². The minimum atomic E-state index is 0.923. The molecular formula is C15H19BrN2S. The molecule has 0 atom stereocenters. The molecule has 0 saturated heterocycles. The molecule has 1 aromatic carbocycles. The summed E-state index contributed by atoms with van der Waals surface area (Å²) in [5, 5.41) is 4.53. The van der Waals surface area contributed by atoms with Crippen LogP contribution >= 0.6 is 27.7 Å². The SMILES string of the molecule is CCn1nc(C)c(Br)c1CSCc1ccccc1C. The van der Waals surface area contributed by atoms with Crippen molar-refractivity contribution in [1.82, 2.24) is 9.78 Å². The molecule has 4 heteroatoms. The van der Waals surface area contributed by atoms with Crippen molar-refractivity contribution >= 4 is 27.7 Å². The van der Waals surface area contributed by atoms with Crippen LogP contribution in [0.15, 0.2) is 28.7 Å². The predicted octanol–water partition coefficient (Wildman–Crippen LogP) is 4.72. The van der Waals surface area contributed by atoms with Crippen LogP contribution in [0, 0.1) is 13.8 Å². The molecule has 0 aliphatic carbocycles. The second-order valence-electron chi connectivity index (χ2n) is 4.58. The lowest BCUT2D eigenvalue weighted by Crippen LogP contribution is -2.02. The molecule has 2 aromatic rings. The molecule has 102 valence electrons. The molecule has 2 nitrogen and oxygen atoms in total. The van der Waals surface area contributed by atoms with Crippen LogP contribution in [0.1, 0.15) is 29.4 Å². The summed E-state index contributed by atoms with van der Waals surface area (Å²) in [6, 6.07) is 8.58. The Bertz CT molecular complexity index is 563. The first-order chi connectivity index (χ1) is 9.13. The summed E-state index contributed by atoms with van der Waals surface area (Å²) in [4.78, 5) is 0. The van der Waals surface area contributed by atoms with E-state index in [-0.39, 0.29) is 0 Å². The lowest BCUT2D eigenvalue weighted by Gasteiger charge is -2.07. The number of rotatable bonds is 5. The largest absolute Gasteiger partial charge is 0.268 e. The molecule has 0 amide bonds. The average molecular weight is 339 g/mol. The lowest BCUT2D eigenvalue weighted by atomic mass is 10.1. The third kappa shape index (κ3) is 3.42. The normalized spacial score (nSPS) is 10.9. The summed E-state index contributed by atoms with van der Waals surface area (Å²) in [5.41, 5.74) is 5.16. The molecule has 0 unspecified atom stereocenters. The number of benzene rings is 1. The highest BCUT2D eigenvalue weighted by Crippen LogP contribution is 2.27. The Morgan fingerprint density at radius 3 is 2.63 bits per heavy atom. The van der Waals surface area contributed by atoms with Crippen LogP contribution in [0.4, 0.5) is 0 Å². The van der Waals surface area contributed by atoms with E-state index in [0.29, 0.717) is 0 Å². The maximum absolute atomic E-state index is 4.53. The van der Waals surface area contributed by atoms with E-state index in [1.54, 1.807) is 0 Å². The smallest absolute Gasteiger partial charge is 0.0739 e. The minimum Gasteiger partial charge on any atom is -0.268 e. The summed E-state index contributed by atoms with van der Waals surface area (Å²) in [5.74, 6) is 2.04. The van der Waals surface area contributed by atoms with Gasteiger partial charge in [0.1, 0.15) is 0 Å². The van der Waals surface area contributed by atoms with Crippen LogP contribution in [0.25, 0.3) is 0 Å². The molecule has 0 radical (unpaired) electrons. The molecule has 0 saturated carbocycles. The number of aryl methyl sites for hydroxylation is 3.